The van der Waals surface area contributed by atoms with Crippen LogP contribution in [0.15, 0.2) is 122 Å². The number of allylic oxidation sites excluding steroid dienone is 20. The first-order chi connectivity index (χ1) is 51.7. The number of aliphatic hydroxyl groups is 1. The molecule has 0 aromatic heterocycles. The van der Waals surface area contributed by atoms with Crippen LogP contribution < -0.4 is 0 Å². The monoisotopic (exact) mass is 1530 g/mol. The number of carbonyl (C=O) groups is 4. The third-order valence-corrected chi connectivity index (χ3v) is 19.3. The second kappa shape index (κ2) is 78.6. The number of hydrogen-bond donors (Lipinski definition) is 3. The maximum Gasteiger partial charge on any atom is 0.472 e. The number of esters is 4. The van der Waals surface area contributed by atoms with Crippen LogP contribution in [0.1, 0.15) is 349 Å². The van der Waals surface area contributed by atoms with Gasteiger partial charge in [0.05, 0.1) is 26.4 Å². The normalized spacial score (nSPS) is 14.4. The molecular weight excluding hydrogens is 1380 g/mol. The minimum Gasteiger partial charge on any atom is -0.462 e. The zero-order chi connectivity index (χ0) is 77.4. The van der Waals surface area contributed by atoms with Crippen LogP contribution in [0, 0.1) is 0 Å². The number of ether oxygens (including phenoxy) is 4. The second-order valence-corrected chi connectivity index (χ2v) is 30.6. The van der Waals surface area contributed by atoms with E-state index in [-0.39, 0.29) is 25.7 Å². The van der Waals surface area contributed by atoms with Crippen molar-refractivity contribution in [2.45, 2.75) is 367 Å². The molecule has 19 heteroatoms. The number of phosphoric ester groups is 2. The molecular formula is C87H150O17P2. The van der Waals surface area contributed by atoms with Gasteiger partial charge in [-0.25, -0.2) is 9.13 Å². The zero-order valence-corrected chi connectivity index (χ0v) is 68.6. The molecule has 610 valence electrons. The van der Waals surface area contributed by atoms with Crippen molar-refractivity contribution in [2.75, 3.05) is 39.6 Å². The van der Waals surface area contributed by atoms with Crippen LogP contribution in [0.25, 0.3) is 0 Å². The molecule has 0 heterocycles. The summed E-state index contributed by atoms with van der Waals surface area (Å²) in [6.07, 6.45) is 87.3. The van der Waals surface area contributed by atoms with Gasteiger partial charge in [-0.2, -0.15) is 0 Å². The van der Waals surface area contributed by atoms with Crippen molar-refractivity contribution < 1.29 is 80.2 Å². The van der Waals surface area contributed by atoms with E-state index in [1.54, 1.807) is 0 Å². The van der Waals surface area contributed by atoms with Crippen LogP contribution in [0.4, 0.5) is 0 Å². The van der Waals surface area contributed by atoms with Crippen LogP contribution in [0.5, 0.6) is 0 Å². The van der Waals surface area contributed by atoms with Crippen LogP contribution in [0.2, 0.25) is 0 Å². The highest BCUT2D eigenvalue weighted by molar-refractivity contribution is 7.47. The summed E-state index contributed by atoms with van der Waals surface area (Å²) in [5.74, 6) is -2.21. The van der Waals surface area contributed by atoms with Crippen LogP contribution in [0.3, 0.4) is 0 Å². The van der Waals surface area contributed by atoms with Crippen LogP contribution >= 0.6 is 15.6 Å². The molecule has 0 saturated heterocycles. The quantitative estimate of drug-likeness (QED) is 0.0169. The Hall–Kier alpha value is -4.54. The third kappa shape index (κ3) is 77.6. The van der Waals surface area contributed by atoms with Gasteiger partial charge in [0.15, 0.2) is 12.2 Å². The average Bonchev–Trinajstić information content (AvgIpc) is 0.928. The molecule has 0 aromatic rings. The maximum atomic E-state index is 13.1. The lowest BCUT2D eigenvalue weighted by Crippen LogP contribution is -2.30. The molecule has 0 aliphatic heterocycles. The van der Waals surface area contributed by atoms with E-state index >= 15 is 0 Å². The summed E-state index contributed by atoms with van der Waals surface area (Å²) in [7, 11) is -9.98. The lowest BCUT2D eigenvalue weighted by atomic mass is 10.1. The molecule has 0 saturated carbocycles. The molecule has 3 N–H and O–H groups in total. The summed E-state index contributed by atoms with van der Waals surface area (Å²) >= 11 is 0. The highest BCUT2D eigenvalue weighted by atomic mass is 31.2. The fourth-order valence-corrected chi connectivity index (χ4v) is 12.7. The molecule has 0 aliphatic rings. The van der Waals surface area contributed by atoms with E-state index in [4.69, 9.17) is 37.0 Å². The van der Waals surface area contributed by atoms with Gasteiger partial charge in [0.1, 0.15) is 19.3 Å². The molecule has 106 heavy (non-hydrogen) atoms. The molecule has 17 nitrogen and oxygen atoms in total. The second-order valence-electron chi connectivity index (χ2n) is 27.6. The number of phosphoric acid groups is 2. The van der Waals surface area contributed by atoms with Gasteiger partial charge in [0.2, 0.25) is 0 Å². The summed E-state index contributed by atoms with van der Waals surface area (Å²) in [5, 5.41) is 10.7. The highest BCUT2D eigenvalue weighted by Crippen LogP contribution is 2.45. The van der Waals surface area contributed by atoms with E-state index in [9.17, 15) is 43.2 Å². The topological polar surface area (TPSA) is 237 Å². The molecule has 0 amide bonds. The Morgan fingerprint density at radius 3 is 0.783 bits per heavy atom. The highest BCUT2D eigenvalue weighted by Gasteiger charge is 2.30. The molecule has 5 unspecified atom stereocenters. The fraction of sp³-hybridized carbons (Fsp3) is 0.724. The Morgan fingerprint density at radius 2 is 0.491 bits per heavy atom. The number of hydrogen-bond acceptors (Lipinski definition) is 15. The summed E-state index contributed by atoms with van der Waals surface area (Å²) in [6, 6.07) is 0. The number of unbranched alkanes of at least 4 members (excludes halogenated alkanes) is 32. The molecule has 0 fully saturated rings. The van der Waals surface area contributed by atoms with Crippen molar-refractivity contribution in [3.05, 3.63) is 122 Å². The van der Waals surface area contributed by atoms with Gasteiger partial charge < -0.3 is 33.8 Å². The maximum absolute atomic E-state index is 13.1. The molecule has 0 spiro atoms. The van der Waals surface area contributed by atoms with Gasteiger partial charge in [-0.1, -0.05) is 290 Å². The molecule has 0 aliphatic carbocycles. The largest absolute Gasteiger partial charge is 0.472 e. The Bertz CT molecular complexity index is 2480. The average molecular weight is 1530 g/mol. The SMILES string of the molecule is CC/C=C\C/C=C\C/C=C\CCCCCCCCCC(=O)OCC(COP(=O)(O)OCC(O)COP(=O)(O)OCC(COC(=O)CCCCCCCC/C=C\C/C=C\C/C=C\CCCCC)OC(=O)CCCCCCC/C=C\CCCCCCCC)OC(=O)CCCCCCC/C=C\C/C=C\C/C=C\CC. The Labute approximate surface area is 644 Å². The smallest absolute Gasteiger partial charge is 0.462 e. The Morgan fingerprint density at radius 1 is 0.274 bits per heavy atom. The number of rotatable bonds is 78. The molecule has 5 atom stereocenters. The summed E-state index contributed by atoms with van der Waals surface area (Å²) in [5.41, 5.74) is 0. The minimum atomic E-state index is -4.99. The van der Waals surface area contributed by atoms with Gasteiger partial charge in [-0.05, 0) is 154 Å². The van der Waals surface area contributed by atoms with Gasteiger partial charge in [0, 0.05) is 25.7 Å². The summed E-state index contributed by atoms with van der Waals surface area (Å²) in [6.45, 7) is 4.61. The van der Waals surface area contributed by atoms with Crippen molar-refractivity contribution in [1.29, 1.82) is 0 Å². The molecule has 0 aromatic carbocycles. The zero-order valence-electron chi connectivity index (χ0n) is 66.8. The fourth-order valence-electron chi connectivity index (χ4n) is 11.1. The van der Waals surface area contributed by atoms with E-state index in [0.29, 0.717) is 25.7 Å². The Balaban J connectivity index is 5.39. The Kier molecular flexibility index (Phi) is 75.2. The van der Waals surface area contributed by atoms with Crippen molar-refractivity contribution in [3.63, 3.8) is 0 Å². The van der Waals surface area contributed by atoms with Gasteiger partial charge >= 0.3 is 39.5 Å². The number of carbonyl (C=O) groups excluding carboxylic acids is 4. The predicted octanol–water partition coefficient (Wildman–Crippen LogP) is 24.7. The van der Waals surface area contributed by atoms with Crippen molar-refractivity contribution in [3.8, 4) is 0 Å². The van der Waals surface area contributed by atoms with Crippen molar-refractivity contribution in [2.24, 2.45) is 0 Å². The van der Waals surface area contributed by atoms with E-state index in [0.717, 1.165) is 212 Å². The lowest BCUT2D eigenvalue weighted by Gasteiger charge is -2.21. The first kappa shape index (κ1) is 101. The van der Waals surface area contributed by atoms with E-state index < -0.39 is 97.5 Å². The van der Waals surface area contributed by atoms with Crippen LogP contribution in [-0.4, -0.2) is 96.7 Å². The third-order valence-electron chi connectivity index (χ3n) is 17.4. The molecule has 0 bridgehead atoms. The van der Waals surface area contributed by atoms with E-state index in [1.807, 2.05) is 0 Å². The summed E-state index contributed by atoms with van der Waals surface area (Å²) in [4.78, 5) is 73.2. The van der Waals surface area contributed by atoms with Crippen molar-refractivity contribution >= 4 is 39.5 Å². The van der Waals surface area contributed by atoms with Gasteiger partial charge in [0.25, 0.3) is 0 Å². The lowest BCUT2D eigenvalue weighted by molar-refractivity contribution is -0.161. The van der Waals surface area contributed by atoms with Gasteiger partial charge in [-0.3, -0.25) is 37.3 Å². The predicted molar refractivity (Wildman–Crippen MR) is 436 cm³/mol. The first-order valence-corrected chi connectivity index (χ1v) is 44.8. The van der Waals surface area contributed by atoms with Gasteiger partial charge in [-0.15, -0.1) is 0 Å². The molecule has 0 radical (unpaired) electrons. The summed E-state index contributed by atoms with van der Waals surface area (Å²) < 4.78 is 68.7. The molecule has 0 rings (SSSR count). The minimum absolute atomic E-state index is 0.0712. The first-order valence-electron chi connectivity index (χ1n) is 41.8. The van der Waals surface area contributed by atoms with E-state index in [2.05, 4.69) is 149 Å². The standard InChI is InChI=1S/C87H150O17P2/c1-5-9-13-17-21-25-29-33-37-39-40-42-46-48-52-56-60-64-68-72-85(90)98-78-83(104-87(92)74-70-66-62-58-54-50-44-36-32-28-24-20-16-12-8-4)80-102-106(95,96)100-76-81(88)75-99-105(93,94)101-79-82(103-86(91)73-69-65-61-57-53-49-43-35-31-27-23-19-15-11-7-3)77-97-84(89)71-67-63-59-55-51-47-45-41-38-34-30-26-22-18-14-10-6-2/h10-11,14-15,21-23,25-27,33-38,40,42-44,81-83,88H,5-9,12-13,16-20,24,28-32,39,41,45-80H2,1-4H3,(H,93,94)(H,95,96)/b14-10-,15-11-,25-21-,26-22-,27-23-,37-33-,38-34-,42-40-,43-35-,44-36-. The van der Waals surface area contributed by atoms with Crippen LogP contribution in [-0.2, 0) is 65.4 Å². The van der Waals surface area contributed by atoms with Crippen molar-refractivity contribution in [1.82, 2.24) is 0 Å². The van der Waals surface area contributed by atoms with E-state index in [1.165, 1.54) is 57.8 Å². The number of aliphatic hydroxyl groups excluding tert-OH is 1.